The van der Waals surface area contributed by atoms with Crippen molar-refractivity contribution in [3.05, 3.63) is 94.2 Å². The van der Waals surface area contributed by atoms with Gasteiger partial charge in [-0.15, -0.1) is 0 Å². The molecule has 1 heterocycles. The molecule has 1 aliphatic heterocycles. The normalized spacial score (nSPS) is 13.7. The van der Waals surface area contributed by atoms with Gasteiger partial charge in [-0.3, -0.25) is 9.59 Å². The minimum absolute atomic E-state index is 0.265. The van der Waals surface area contributed by atoms with Gasteiger partial charge in [-0.2, -0.15) is 0 Å². The van der Waals surface area contributed by atoms with Crippen LogP contribution in [0.1, 0.15) is 34.7 Å². The molecular formula is C28H28N2O3. The van der Waals surface area contributed by atoms with Gasteiger partial charge in [-0.25, -0.2) is 4.90 Å². The van der Waals surface area contributed by atoms with Gasteiger partial charge in [0, 0.05) is 5.69 Å². The van der Waals surface area contributed by atoms with Crippen LogP contribution in [0.25, 0.3) is 5.57 Å². The van der Waals surface area contributed by atoms with Gasteiger partial charge in [-0.05, 0) is 81.1 Å². The third kappa shape index (κ3) is 4.14. The molecule has 3 aromatic carbocycles. The number of hydrogen-bond acceptors (Lipinski definition) is 4. The van der Waals surface area contributed by atoms with Crippen LogP contribution in [0, 0.1) is 27.7 Å². The number of benzene rings is 3. The number of imide groups is 1. The lowest BCUT2D eigenvalue weighted by atomic mass is 9.97. The van der Waals surface area contributed by atoms with E-state index in [2.05, 4.69) is 5.32 Å². The van der Waals surface area contributed by atoms with Gasteiger partial charge in [0.1, 0.15) is 11.4 Å². The van der Waals surface area contributed by atoms with Crippen molar-refractivity contribution in [3.8, 4) is 5.75 Å². The molecule has 168 valence electrons. The number of carbonyl (C=O) groups excluding carboxylic acids is 2. The molecule has 2 amide bonds. The van der Waals surface area contributed by atoms with E-state index in [1.54, 1.807) is 18.2 Å². The molecule has 1 aliphatic rings. The van der Waals surface area contributed by atoms with E-state index in [1.807, 2.05) is 77.1 Å². The van der Waals surface area contributed by atoms with Gasteiger partial charge < -0.3 is 10.1 Å². The van der Waals surface area contributed by atoms with Crippen molar-refractivity contribution in [2.45, 2.75) is 34.6 Å². The Morgan fingerprint density at radius 1 is 0.818 bits per heavy atom. The van der Waals surface area contributed by atoms with Gasteiger partial charge in [-0.1, -0.05) is 42.0 Å². The van der Waals surface area contributed by atoms with Gasteiger partial charge in [0.2, 0.25) is 0 Å². The lowest BCUT2D eigenvalue weighted by Gasteiger charge is -2.19. The topological polar surface area (TPSA) is 58.6 Å². The monoisotopic (exact) mass is 440 g/mol. The number of hydrogen-bond donors (Lipinski definition) is 1. The Kier molecular flexibility index (Phi) is 6.05. The number of rotatable bonds is 6. The van der Waals surface area contributed by atoms with Crippen LogP contribution in [0.15, 0.2) is 66.4 Å². The molecular weight excluding hydrogens is 412 g/mol. The molecule has 1 N–H and O–H groups in total. The number of nitrogens with one attached hydrogen (secondary N) is 1. The van der Waals surface area contributed by atoms with Crippen LogP contribution in [0.5, 0.6) is 5.75 Å². The molecule has 0 atom stereocenters. The second-order valence-corrected chi connectivity index (χ2v) is 8.34. The summed E-state index contributed by atoms with van der Waals surface area (Å²) in [4.78, 5) is 28.7. The molecule has 0 spiro atoms. The fraction of sp³-hybridized carbons (Fsp3) is 0.214. The summed E-state index contributed by atoms with van der Waals surface area (Å²) in [6.07, 6.45) is 0. The molecule has 0 saturated heterocycles. The standard InChI is InChI=1S/C28H28N2O3/c1-6-33-24-10-8-7-9-23(24)30-27(31)25(22-14-11-17(2)15-20(22)5)26(28(30)32)29-21-13-12-18(3)19(4)16-21/h7-16,29H,6H2,1-5H3. The molecule has 0 aromatic heterocycles. The Bertz CT molecular complexity index is 1290. The lowest BCUT2D eigenvalue weighted by Crippen LogP contribution is -2.32. The first kappa shape index (κ1) is 22.3. The van der Waals surface area contributed by atoms with Crippen LogP contribution >= 0.6 is 0 Å². The molecule has 33 heavy (non-hydrogen) atoms. The van der Waals surface area contributed by atoms with E-state index in [-0.39, 0.29) is 11.6 Å². The maximum absolute atomic E-state index is 13.8. The lowest BCUT2D eigenvalue weighted by molar-refractivity contribution is -0.120. The van der Waals surface area contributed by atoms with Crippen LogP contribution in [0.2, 0.25) is 0 Å². The molecule has 4 rings (SSSR count). The highest BCUT2D eigenvalue weighted by Gasteiger charge is 2.41. The SMILES string of the molecule is CCOc1ccccc1N1C(=O)C(Nc2ccc(C)c(C)c2)=C(c2ccc(C)cc2C)C1=O. The second-order valence-electron chi connectivity index (χ2n) is 8.34. The zero-order valence-corrected chi connectivity index (χ0v) is 19.7. The number of para-hydroxylation sites is 2. The Balaban J connectivity index is 1.87. The van der Waals surface area contributed by atoms with Crippen LogP contribution in [0.4, 0.5) is 11.4 Å². The Morgan fingerprint density at radius 3 is 2.27 bits per heavy atom. The van der Waals surface area contributed by atoms with Crippen LogP contribution in [-0.2, 0) is 9.59 Å². The Labute approximate surface area is 194 Å². The summed E-state index contributed by atoms with van der Waals surface area (Å²) in [6.45, 7) is 10.3. The van der Waals surface area contributed by atoms with Crippen molar-refractivity contribution in [1.82, 2.24) is 0 Å². The van der Waals surface area contributed by atoms with Crippen molar-refractivity contribution in [1.29, 1.82) is 0 Å². The summed E-state index contributed by atoms with van der Waals surface area (Å²) in [5.41, 5.74) is 6.85. The smallest absolute Gasteiger partial charge is 0.282 e. The maximum Gasteiger partial charge on any atom is 0.282 e. The third-order valence-electron chi connectivity index (χ3n) is 5.92. The molecule has 0 unspecified atom stereocenters. The molecule has 0 radical (unpaired) electrons. The van der Waals surface area contributed by atoms with E-state index >= 15 is 0 Å². The molecule has 5 nitrogen and oxygen atoms in total. The zero-order valence-electron chi connectivity index (χ0n) is 19.7. The molecule has 5 heteroatoms. The van der Waals surface area contributed by atoms with E-state index < -0.39 is 5.91 Å². The largest absolute Gasteiger partial charge is 0.492 e. The summed E-state index contributed by atoms with van der Waals surface area (Å²) in [7, 11) is 0. The van der Waals surface area contributed by atoms with E-state index in [0.717, 1.165) is 33.5 Å². The van der Waals surface area contributed by atoms with Crippen molar-refractivity contribution in [2.24, 2.45) is 0 Å². The van der Waals surface area contributed by atoms with Crippen LogP contribution in [-0.4, -0.2) is 18.4 Å². The van der Waals surface area contributed by atoms with Gasteiger partial charge >= 0.3 is 0 Å². The zero-order chi connectivity index (χ0) is 23.7. The summed E-state index contributed by atoms with van der Waals surface area (Å²) in [5.74, 6) is -0.278. The summed E-state index contributed by atoms with van der Waals surface area (Å²) < 4.78 is 5.72. The quantitative estimate of drug-likeness (QED) is 0.499. The number of amides is 2. The molecule has 0 fully saturated rings. The Hall–Kier alpha value is -3.86. The van der Waals surface area contributed by atoms with Gasteiger partial charge in [0.15, 0.2) is 0 Å². The van der Waals surface area contributed by atoms with E-state index in [1.165, 1.54) is 4.90 Å². The van der Waals surface area contributed by atoms with Crippen LogP contribution < -0.4 is 15.0 Å². The van der Waals surface area contributed by atoms with E-state index in [9.17, 15) is 9.59 Å². The first-order chi connectivity index (χ1) is 15.8. The number of ether oxygens (including phenoxy) is 1. The molecule has 0 bridgehead atoms. The van der Waals surface area contributed by atoms with Gasteiger partial charge in [0.05, 0.1) is 17.9 Å². The van der Waals surface area contributed by atoms with Crippen molar-refractivity contribution in [2.75, 3.05) is 16.8 Å². The van der Waals surface area contributed by atoms with Crippen molar-refractivity contribution >= 4 is 28.8 Å². The average molecular weight is 441 g/mol. The predicted molar refractivity (Wildman–Crippen MR) is 132 cm³/mol. The summed E-state index contributed by atoms with van der Waals surface area (Å²) in [6, 6.07) is 18.9. The molecule has 3 aromatic rings. The average Bonchev–Trinajstić information content (AvgIpc) is 3.01. The highest BCUT2D eigenvalue weighted by molar-refractivity contribution is 6.46. The van der Waals surface area contributed by atoms with E-state index in [4.69, 9.17) is 4.74 Å². The first-order valence-electron chi connectivity index (χ1n) is 11.1. The highest BCUT2D eigenvalue weighted by Crippen LogP contribution is 2.38. The number of aryl methyl sites for hydroxylation is 4. The molecule has 0 aliphatic carbocycles. The Morgan fingerprint density at radius 2 is 1.58 bits per heavy atom. The van der Waals surface area contributed by atoms with Crippen molar-refractivity contribution in [3.63, 3.8) is 0 Å². The van der Waals surface area contributed by atoms with Crippen molar-refractivity contribution < 1.29 is 14.3 Å². The third-order valence-corrected chi connectivity index (χ3v) is 5.92. The maximum atomic E-state index is 13.8. The predicted octanol–water partition coefficient (Wildman–Crippen LogP) is 5.72. The fourth-order valence-electron chi connectivity index (χ4n) is 4.09. The highest BCUT2D eigenvalue weighted by atomic mass is 16.5. The van der Waals surface area contributed by atoms with Crippen LogP contribution in [0.3, 0.4) is 0 Å². The second kappa shape index (κ2) is 8.94. The first-order valence-corrected chi connectivity index (χ1v) is 11.1. The fourth-order valence-corrected chi connectivity index (χ4v) is 4.09. The number of nitrogens with zero attached hydrogens (tertiary/aromatic N) is 1. The van der Waals surface area contributed by atoms with Gasteiger partial charge in [0.25, 0.3) is 11.8 Å². The summed E-state index contributed by atoms with van der Waals surface area (Å²) >= 11 is 0. The minimum atomic E-state index is -0.402. The minimum Gasteiger partial charge on any atom is -0.492 e. The number of carbonyl (C=O) groups is 2. The molecule has 0 saturated carbocycles. The van der Waals surface area contributed by atoms with E-state index in [0.29, 0.717) is 23.6 Å². The number of anilines is 2. The summed E-state index contributed by atoms with van der Waals surface area (Å²) in [5, 5.41) is 3.26.